The van der Waals surface area contributed by atoms with E-state index in [1.807, 2.05) is 0 Å². The SMILES string of the molecule is Cc1nc(N)nnc1-c1ncc(C(F)(F)F)cc1O. The van der Waals surface area contributed by atoms with Crippen LogP contribution in [-0.4, -0.2) is 25.3 Å². The van der Waals surface area contributed by atoms with Crippen molar-refractivity contribution < 1.29 is 18.3 Å². The van der Waals surface area contributed by atoms with Crippen LogP contribution in [0.2, 0.25) is 0 Å². The number of hydrogen-bond donors (Lipinski definition) is 2. The Labute approximate surface area is 105 Å². The lowest BCUT2D eigenvalue weighted by Gasteiger charge is -2.09. The number of halogens is 3. The molecule has 2 heterocycles. The minimum Gasteiger partial charge on any atom is -0.506 e. The third-order valence-electron chi connectivity index (χ3n) is 2.30. The minimum atomic E-state index is -4.58. The summed E-state index contributed by atoms with van der Waals surface area (Å²) in [6.07, 6.45) is -3.98. The molecule has 0 unspecified atom stereocenters. The molecule has 0 atom stereocenters. The lowest BCUT2D eigenvalue weighted by Crippen LogP contribution is -2.07. The summed E-state index contributed by atoms with van der Waals surface area (Å²) in [6, 6.07) is 0.569. The van der Waals surface area contributed by atoms with Gasteiger partial charge in [0, 0.05) is 6.20 Å². The molecule has 0 aromatic carbocycles. The number of aryl methyl sites for hydroxylation is 1. The second kappa shape index (κ2) is 4.34. The van der Waals surface area contributed by atoms with Gasteiger partial charge in [-0.15, -0.1) is 10.2 Å². The van der Waals surface area contributed by atoms with Crippen molar-refractivity contribution in [3.05, 3.63) is 23.5 Å². The van der Waals surface area contributed by atoms with Gasteiger partial charge in [0.25, 0.3) is 0 Å². The zero-order valence-corrected chi connectivity index (χ0v) is 9.60. The number of hydrogen-bond acceptors (Lipinski definition) is 6. The van der Waals surface area contributed by atoms with Crippen molar-refractivity contribution in [3.8, 4) is 17.1 Å². The van der Waals surface area contributed by atoms with Crippen LogP contribution in [0.25, 0.3) is 11.4 Å². The predicted molar refractivity (Wildman–Crippen MR) is 58.9 cm³/mol. The third-order valence-corrected chi connectivity index (χ3v) is 2.30. The molecule has 0 amide bonds. The third kappa shape index (κ3) is 2.54. The van der Waals surface area contributed by atoms with Gasteiger partial charge in [0.15, 0.2) is 0 Å². The van der Waals surface area contributed by atoms with Crippen LogP contribution in [-0.2, 0) is 6.18 Å². The van der Waals surface area contributed by atoms with Gasteiger partial charge in [0.1, 0.15) is 17.1 Å². The zero-order valence-electron chi connectivity index (χ0n) is 9.60. The molecule has 9 heteroatoms. The standard InChI is InChI=1S/C10H8F3N5O/c1-4-7(17-18-9(14)16-4)8-6(19)2-5(3-15-8)10(11,12)13/h2-3,19H,1H3,(H2,14,16,18). The van der Waals surface area contributed by atoms with E-state index in [2.05, 4.69) is 20.2 Å². The highest BCUT2D eigenvalue weighted by Crippen LogP contribution is 2.34. The molecule has 2 rings (SSSR count). The largest absolute Gasteiger partial charge is 0.506 e. The maximum Gasteiger partial charge on any atom is 0.418 e. The van der Waals surface area contributed by atoms with Gasteiger partial charge >= 0.3 is 6.18 Å². The average molecular weight is 271 g/mol. The average Bonchev–Trinajstić information content (AvgIpc) is 2.28. The Kier molecular flexibility index (Phi) is 2.97. The fourth-order valence-corrected chi connectivity index (χ4v) is 1.43. The van der Waals surface area contributed by atoms with Gasteiger partial charge in [-0.05, 0) is 13.0 Å². The van der Waals surface area contributed by atoms with Gasteiger partial charge in [-0.3, -0.25) is 0 Å². The number of anilines is 1. The lowest BCUT2D eigenvalue weighted by molar-refractivity contribution is -0.137. The normalized spacial score (nSPS) is 11.6. The monoisotopic (exact) mass is 271 g/mol. The molecule has 0 aliphatic heterocycles. The van der Waals surface area contributed by atoms with E-state index in [1.54, 1.807) is 0 Å². The molecule has 0 spiro atoms. The molecule has 0 saturated heterocycles. The van der Waals surface area contributed by atoms with Gasteiger partial charge < -0.3 is 10.8 Å². The van der Waals surface area contributed by atoms with Gasteiger partial charge in [-0.1, -0.05) is 0 Å². The smallest absolute Gasteiger partial charge is 0.418 e. The van der Waals surface area contributed by atoms with Crippen LogP contribution < -0.4 is 5.73 Å². The number of nitrogens with zero attached hydrogens (tertiary/aromatic N) is 4. The first-order valence-corrected chi connectivity index (χ1v) is 5.02. The van der Waals surface area contributed by atoms with Crippen LogP contribution in [0.5, 0.6) is 5.75 Å². The van der Waals surface area contributed by atoms with E-state index < -0.39 is 17.5 Å². The summed E-state index contributed by atoms with van der Waals surface area (Å²) < 4.78 is 37.3. The van der Waals surface area contributed by atoms with Crippen LogP contribution in [0.15, 0.2) is 12.3 Å². The fourth-order valence-electron chi connectivity index (χ4n) is 1.43. The van der Waals surface area contributed by atoms with E-state index in [1.165, 1.54) is 6.92 Å². The molecule has 100 valence electrons. The minimum absolute atomic E-state index is 0.0698. The first kappa shape index (κ1) is 13.0. The van der Waals surface area contributed by atoms with E-state index in [4.69, 9.17) is 5.73 Å². The Morgan fingerprint density at radius 2 is 1.89 bits per heavy atom. The molecule has 0 bridgehead atoms. The molecule has 0 aliphatic carbocycles. The molecular weight excluding hydrogens is 263 g/mol. The van der Waals surface area contributed by atoms with Crippen molar-refractivity contribution in [1.29, 1.82) is 0 Å². The van der Waals surface area contributed by atoms with Crippen molar-refractivity contribution >= 4 is 5.95 Å². The summed E-state index contributed by atoms with van der Waals surface area (Å²) in [7, 11) is 0. The Balaban J connectivity index is 2.52. The Morgan fingerprint density at radius 1 is 1.21 bits per heavy atom. The summed E-state index contributed by atoms with van der Waals surface area (Å²) in [5.41, 5.74) is 4.49. The van der Waals surface area contributed by atoms with Gasteiger partial charge in [-0.25, -0.2) is 9.97 Å². The number of aromatic nitrogens is 4. The van der Waals surface area contributed by atoms with Gasteiger partial charge in [0.05, 0.1) is 11.3 Å². The van der Waals surface area contributed by atoms with Gasteiger partial charge in [-0.2, -0.15) is 13.2 Å². The Hall–Kier alpha value is -2.45. The maximum absolute atomic E-state index is 12.4. The maximum atomic E-state index is 12.4. The number of rotatable bonds is 1. The number of aromatic hydroxyl groups is 1. The van der Waals surface area contributed by atoms with Crippen LogP contribution in [0.4, 0.5) is 19.1 Å². The van der Waals surface area contributed by atoms with Gasteiger partial charge in [0.2, 0.25) is 5.95 Å². The second-order valence-electron chi connectivity index (χ2n) is 3.69. The number of alkyl halides is 3. The summed E-state index contributed by atoms with van der Waals surface area (Å²) in [5, 5.41) is 16.7. The quantitative estimate of drug-likeness (QED) is 0.816. The predicted octanol–water partition coefficient (Wildman–Crippen LogP) is 1.55. The fraction of sp³-hybridized carbons (Fsp3) is 0.200. The lowest BCUT2D eigenvalue weighted by atomic mass is 10.1. The van der Waals surface area contributed by atoms with Crippen LogP contribution in [0.1, 0.15) is 11.3 Å². The summed E-state index contributed by atoms with van der Waals surface area (Å²) in [6.45, 7) is 1.53. The van der Waals surface area contributed by atoms with Crippen LogP contribution in [0.3, 0.4) is 0 Å². The summed E-state index contributed by atoms with van der Waals surface area (Å²) in [4.78, 5) is 7.35. The molecule has 0 aliphatic rings. The van der Waals surface area contributed by atoms with E-state index in [0.29, 0.717) is 18.0 Å². The molecule has 3 N–H and O–H groups in total. The van der Waals surface area contributed by atoms with Crippen LogP contribution in [0, 0.1) is 6.92 Å². The van der Waals surface area contributed by atoms with Crippen molar-refractivity contribution in [3.63, 3.8) is 0 Å². The first-order valence-electron chi connectivity index (χ1n) is 5.02. The summed E-state index contributed by atoms with van der Waals surface area (Å²) in [5.74, 6) is -0.730. The molecule has 6 nitrogen and oxygen atoms in total. The van der Waals surface area contributed by atoms with Crippen LogP contribution >= 0.6 is 0 Å². The number of pyridine rings is 1. The molecule has 19 heavy (non-hydrogen) atoms. The van der Waals surface area contributed by atoms with Crippen molar-refractivity contribution in [2.45, 2.75) is 13.1 Å². The number of nitrogens with two attached hydrogens (primary N) is 1. The highest BCUT2D eigenvalue weighted by atomic mass is 19.4. The van der Waals surface area contributed by atoms with E-state index in [-0.39, 0.29) is 17.3 Å². The Bertz CT molecular complexity index is 629. The molecule has 0 fully saturated rings. The highest BCUT2D eigenvalue weighted by molar-refractivity contribution is 5.64. The molecule has 0 radical (unpaired) electrons. The van der Waals surface area contributed by atoms with E-state index >= 15 is 0 Å². The van der Waals surface area contributed by atoms with Crippen molar-refractivity contribution in [1.82, 2.24) is 20.2 Å². The van der Waals surface area contributed by atoms with Crippen molar-refractivity contribution in [2.24, 2.45) is 0 Å². The Morgan fingerprint density at radius 3 is 2.42 bits per heavy atom. The summed E-state index contributed by atoms with van der Waals surface area (Å²) >= 11 is 0. The van der Waals surface area contributed by atoms with Crippen molar-refractivity contribution in [2.75, 3.05) is 5.73 Å². The number of nitrogen functional groups attached to an aromatic ring is 1. The topological polar surface area (TPSA) is 97.8 Å². The zero-order chi connectivity index (χ0) is 14.2. The van der Waals surface area contributed by atoms with E-state index in [0.717, 1.165) is 0 Å². The molecule has 2 aromatic rings. The molecular formula is C10H8F3N5O. The molecule has 2 aromatic heterocycles. The molecule has 0 saturated carbocycles. The highest BCUT2D eigenvalue weighted by Gasteiger charge is 2.32. The second-order valence-corrected chi connectivity index (χ2v) is 3.69. The van der Waals surface area contributed by atoms with E-state index in [9.17, 15) is 18.3 Å². The first-order chi connectivity index (χ1) is 8.79.